The van der Waals surface area contributed by atoms with Gasteiger partial charge in [0.2, 0.25) is 15.9 Å². The van der Waals surface area contributed by atoms with Gasteiger partial charge in [-0.25, -0.2) is 8.42 Å². The van der Waals surface area contributed by atoms with Crippen LogP contribution in [0.5, 0.6) is 0 Å². The lowest BCUT2D eigenvalue weighted by atomic mass is 10.1. The van der Waals surface area contributed by atoms with Gasteiger partial charge in [0.1, 0.15) is 0 Å². The third-order valence-electron chi connectivity index (χ3n) is 2.64. The number of hydrogen-bond acceptors (Lipinski definition) is 4. The molecule has 0 atom stereocenters. The van der Waals surface area contributed by atoms with Crippen LogP contribution in [-0.2, 0) is 14.8 Å². The Balaban J connectivity index is 2.87. The number of carbonyl (C=O) groups excluding carboxylic acids is 2. The summed E-state index contributed by atoms with van der Waals surface area (Å²) in [4.78, 5) is 24.0. The molecule has 7 nitrogen and oxygen atoms in total. The van der Waals surface area contributed by atoms with E-state index >= 15 is 0 Å². The first kappa shape index (κ1) is 19.0. The largest absolute Gasteiger partial charge is 0.350 e. The van der Waals surface area contributed by atoms with E-state index in [1.165, 1.54) is 6.07 Å². The summed E-state index contributed by atoms with van der Waals surface area (Å²) < 4.78 is 25.0. The van der Waals surface area contributed by atoms with Gasteiger partial charge in [0.25, 0.3) is 5.91 Å². The topological polar surface area (TPSA) is 104 Å². The molecule has 1 rings (SSSR count). The molecule has 3 N–H and O–H groups in total. The van der Waals surface area contributed by atoms with Gasteiger partial charge in [0, 0.05) is 5.54 Å². The van der Waals surface area contributed by atoms with Crippen LogP contribution >= 0.6 is 0 Å². The molecule has 23 heavy (non-hydrogen) atoms. The van der Waals surface area contributed by atoms with Crippen molar-refractivity contribution >= 4 is 27.5 Å². The highest BCUT2D eigenvalue weighted by atomic mass is 32.2. The zero-order valence-electron chi connectivity index (χ0n) is 14.0. The summed E-state index contributed by atoms with van der Waals surface area (Å²) in [6.45, 7) is 7.10. The van der Waals surface area contributed by atoms with Gasteiger partial charge in [-0.15, -0.1) is 0 Å². The maximum atomic E-state index is 12.2. The zero-order chi connectivity index (χ0) is 17.8. The number of sulfonamides is 1. The Labute approximate surface area is 136 Å². The Morgan fingerprint density at radius 3 is 2.30 bits per heavy atom. The first-order valence-electron chi connectivity index (χ1n) is 7.05. The van der Waals surface area contributed by atoms with Crippen molar-refractivity contribution in [2.75, 3.05) is 17.5 Å². The Morgan fingerprint density at radius 1 is 1.17 bits per heavy atom. The molecule has 0 bridgehead atoms. The highest BCUT2D eigenvalue weighted by Gasteiger charge is 2.17. The van der Waals surface area contributed by atoms with Crippen molar-refractivity contribution in [1.29, 1.82) is 0 Å². The zero-order valence-corrected chi connectivity index (χ0v) is 14.8. The summed E-state index contributed by atoms with van der Waals surface area (Å²) in [7, 11) is -3.51. The fourth-order valence-electron chi connectivity index (χ4n) is 1.85. The molecule has 0 unspecified atom stereocenters. The van der Waals surface area contributed by atoms with Crippen molar-refractivity contribution in [2.45, 2.75) is 33.2 Å². The molecular weight excluding hydrogens is 318 g/mol. The van der Waals surface area contributed by atoms with E-state index in [1.54, 1.807) is 19.1 Å². The molecule has 0 aliphatic rings. The summed E-state index contributed by atoms with van der Waals surface area (Å²) in [5.74, 6) is -0.847. The lowest BCUT2D eigenvalue weighted by Crippen LogP contribution is -2.45. The molecule has 0 fully saturated rings. The SMILES string of the molecule is Cc1ccc(NS(C)(=O)=O)c(C(=O)NCC(=O)NC(C)(C)C)c1. The number of anilines is 1. The van der Waals surface area contributed by atoms with E-state index in [1.807, 2.05) is 20.8 Å². The number of rotatable bonds is 5. The molecule has 0 aliphatic carbocycles. The Morgan fingerprint density at radius 2 is 1.78 bits per heavy atom. The van der Waals surface area contributed by atoms with Crippen molar-refractivity contribution in [3.8, 4) is 0 Å². The molecule has 0 saturated heterocycles. The van der Waals surface area contributed by atoms with Gasteiger partial charge < -0.3 is 10.6 Å². The lowest BCUT2D eigenvalue weighted by Gasteiger charge is -2.20. The molecule has 0 saturated carbocycles. The summed E-state index contributed by atoms with van der Waals surface area (Å²) >= 11 is 0. The van der Waals surface area contributed by atoms with Gasteiger partial charge in [0.15, 0.2) is 0 Å². The van der Waals surface area contributed by atoms with Crippen LogP contribution in [0.1, 0.15) is 36.7 Å². The molecule has 0 aliphatic heterocycles. The van der Waals surface area contributed by atoms with Gasteiger partial charge in [0.05, 0.1) is 24.1 Å². The molecule has 2 amide bonds. The molecule has 0 aromatic heterocycles. The molecule has 1 aromatic rings. The van der Waals surface area contributed by atoms with E-state index < -0.39 is 21.5 Å². The summed E-state index contributed by atoms with van der Waals surface area (Å²) in [6, 6.07) is 4.77. The highest BCUT2D eigenvalue weighted by Crippen LogP contribution is 2.18. The third-order valence-corrected chi connectivity index (χ3v) is 3.23. The van der Waals surface area contributed by atoms with Gasteiger partial charge in [-0.05, 0) is 39.8 Å². The average molecular weight is 341 g/mol. The predicted molar refractivity (Wildman–Crippen MR) is 89.9 cm³/mol. The number of nitrogens with one attached hydrogen (secondary N) is 3. The molecule has 128 valence electrons. The van der Waals surface area contributed by atoms with Crippen LogP contribution in [0, 0.1) is 6.92 Å². The fraction of sp³-hybridized carbons (Fsp3) is 0.467. The van der Waals surface area contributed by atoms with E-state index in [0.717, 1.165) is 11.8 Å². The van der Waals surface area contributed by atoms with Gasteiger partial charge >= 0.3 is 0 Å². The molecule has 0 spiro atoms. The lowest BCUT2D eigenvalue weighted by molar-refractivity contribution is -0.121. The minimum absolute atomic E-state index is 0.166. The minimum Gasteiger partial charge on any atom is -0.350 e. The highest BCUT2D eigenvalue weighted by molar-refractivity contribution is 7.92. The number of aryl methyl sites for hydroxylation is 1. The number of hydrogen-bond donors (Lipinski definition) is 3. The van der Waals surface area contributed by atoms with E-state index in [9.17, 15) is 18.0 Å². The van der Waals surface area contributed by atoms with E-state index in [0.29, 0.717) is 0 Å². The van der Waals surface area contributed by atoms with Crippen molar-refractivity contribution in [1.82, 2.24) is 10.6 Å². The van der Waals surface area contributed by atoms with Crippen LogP contribution in [0.15, 0.2) is 18.2 Å². The van der Waals surface area contributed by atoms with Crippen LogP contribution in [0.2, 0.25) is 0 Å². The first-order valence-corrected chi connectivity index (χ1v) is 8.94. The van der Waals surface area contributed by atoms with Crippen LogP contribution in [0.4, 0.5) is 5.69 Å². The Bertz CT molecular complexity index is 706. The van der Waals surface area contributed by atoms with E-state index in [2.05, 4.69) is 15.4 Å². The van der Waals surface area contributed by atoms with Crippen molar-refractivity contribution in [3.05, 3.63) is 29.3 Å². The van der Waals surface area contributed by atoms with E-state index in [4.69, 9.17) is 0 Å². The summed E-state index contributed by atoms with van der Waals surface area (Å²) in [5.41, 5.74) is 0.743. The quantitative estimate of drug-likeness (QED) is 0.743. The summed E-state index contributed by atoms with van der Waals surface area (Å²) in [5, 5.41) is 5.21. The number of amides is 2. The van der Waals surface area contributed by atoms with E-state index in [-0.39, 0.29) is 23.7 Å². The maximum absolute atomic E-state index is 12.2. The second-order valence-corrected chi connectivity index (χ2v) is 8.15. The second-order valence-electron chi connectivity index (χ2n) is 6.40. The normalized spacial score (nSPS) is 11.7. The Kier molecular flexibility index (Phi) is 5.76. The minimum atomic E-state index is -3.51. The van der Waals surface area contributed by atoms with Gasteiger partial charge in [-0.3, -0.25) is 14.3 Å². The average Bonchev–Trinajstić information content (AvgIpc) is 2.34. The van der Waals surface area contributed by atoms with Crippen LogP contribution in [0.3, 0.4) is 0 Å². The number of benzene rings is 1. The van der Waals surface area contributed by atoms with Crippen molar-refractivity contribution in [2.24, 2.45) is 0 Å². The molecule has 8 heteroatoms. The smallest absolute Gasteiger partial charge is 0.253 e. The molecule has 1 aromatic carbocycles. The maximum Gasteiger partial charge on any atom is 0.253 e. The van der Waals surface area contributed by atoms with Crippen LogP contribution in [-0.4, -0.2) is 38.6 Å². The molecule has 0 heterocycles. The molecular formula is C15H23N3O4S. The monoisotopic (exact) mass is 341 g/mol. The third kappa shape index (κ3) is 7.14. The van der Waals surface area contributed by atoms with Crippen LogP contribution in [0.25, 0.3) is 0 Å². The van der Waals surface area contributed by atoms with Crippen molar-refractivity contribution < 1.29 is 18.0 Å². The van der Waals surface area contributed by atoms with Crippen molar-refractivity contribution in [3.63, 3.8) is 0 Å². The second kappa shape index (κ2) is 6.99. The van der Waals surface area contributed by atoms with Gasteiger partial charge in [-0.2, -0.15) is 0 Å². The predicted octanol–water partition coefficient (Wildman–Crippen LogP) is 1.01. The van der Waals surface area contributed by atoms with Crippen LogP contribution < -0.4 is 15.4 Å². The molecule has 0 radical (unpaired) electrons. The number of carbonyl (C=O) groups is 2. The Hall–Kier alpha value is -2.09. The van der Waals surface area contributed by atoms with Gasteiger partial charge in [-0.1, -0.05) is 11.6 Å². The standard InChI is InChI=1S/C15H23N3O4S/c1-10-6-7-12(18-23(5,21)22)11(8-10)14(20)16-9-13(19)17-15(2,3)4/h6-8,18H,9H2,1-5H3,(H,16,20)(H,17,19). The summed E-state index contributed by atoms with van der Waals surface area (Å²) in [6.07, 6.45) is 1.01. The first-order chi connectivity index (χ1) is 10.4. The fourth-order valence-corrected chi connectivity index (χ4v) is 2.43.